The largest absolute Gasteiger partial charge is 0.376 e. The first-order valence-corrected chi connectivity index (χ1v) is 7.10. The second-order valence-electron chi connectivity index (χ2n) is 4.40. The Morgan fingerprint density at radius 2 is 2.25 bits per heavy atom. The molecular formula is C13H14N6S. The van der Waals surface area contributed by atoms with E-state index in [9.17, 15) is 0 Å². The summed E-state index contributed by atoms with van der Waals surface area (Å²) in [5.41, 5.74) is 2.00. The lowest BCUT2D eigenvalue weighted by Gasteiger charge is -2.13. The van der Waals surface area contributed by atoms with E-state index in [1.165, 1.54) is 6.33 Å². The van der Waals surface area contributed by atoms with E-state index in [0.717, 1.165) is 22.2 Å². The van der Waals surface area contributed by atoms with Crippen molar-refractivity contribution in [2.24, 2.45) is 0 Å². The molecule has 0 aliphatic heterocycles. The van der Waals surface area contributed by atoms with Gasteiger partial charge in [-0.1, -0.05) is 0 Å². The van der Waals surface area contributed by atoms with Crippen LogP contribution in [-0.4, -0.2) is 24.7 Å². The minimum absolute atomic E-state index is 0.152. The molecule has 1 unspecified atom stereocenters. The molecule has 3 aromatic rings. The van der Waals surface area contributed by atoms with Crippen molar-refractivity contribution >= 4 is 17.0 Å². The van der Waals surface area contributed by atoms with Gasteiger partial charge < -0.3 is 5.32 Å². The van der Waals surface area contributed by atoms with Gasteiger partial charge in [-0.2, -0.15) is 5.10 Å². The first kappa shape index (κ1) is 12.7. The fourth-order valence-electron chi connectivity index (χ4n) is 1.84. The van der Waals surface area contributed by atoms with Crippen molar-refractivity contribution in [3.05, 3.63) is 47.1 Å². The van der Waals surface area contributed by atoms with E-state index in [2.05, 4.69) is 37.7 Å². The third kappa shape index (κ3) is 2.67. The van der Waals surface area contributed by atoms with Crippen LogP contribution in [-0.2, 0) is 0 Å². The van der Waals surface area contributed by atoms with Crippen LogP contribution in [0.1, 0.15) is 23.7 Å². The van der Waals surface area contributed by atoms with Crippen molar-refractivity contribution in [1.29, 1.82) is 0 Å². The van der Waals surface area contributed by atoms with Gasteiger partial charge in [-0.05, 0) is 26.0 Å². The lowest BCUT2D eigenvalue weighted by atomic mass is 10.2. The Morgan fingerprint density at radius 1 is 1.35 bits per heavy atom. The molecule has 0 fully saturated rings. The Kier molecular flexibility index (Phi) is 3.42. The molecule has 0 aliphatic carbocycles. The van der Waals surface area contributed by atoms with Gasteiger partial charge in [0, 0.05) is 5.38 Å². The second kappa shape index (κ2) is 5.38. The first-order valence-electron chi connectivity index (χ1n) is 6.22. The normalized spacial score (nSPS) is 12.3. The highest BCUT2D eigenvalue weighted by molar-refractivity contribution is 7.09. The van der Waals surface area contributed by atoms with Crippen LogP contribution in [0.4, 0.5) is 5.69 Å². The van der Waals surface area contributed by atoms with Gasteiger partial charge in [-0.3, -0.25) is 0 Å². The van der Waals surface area contributed by atoms with Crippen molar-refractivity contribution in [2.45, 2.75) is 19.9 Å². The molecule has 6 nitrogen and oxygen atoms in total. The van der Waals surface area contributed by atoms with E-state index in [4.69, 9.17) is 0 Å². The lowest BCUT2D eigenvalue weighted by Crippen LogP contribution is -2.07. The summed E-state index contributed by atoms with van der Waals surface area (Å²) in [6, 6.07) is 4.02. The Hall–Kier alpha value is -2.28. The van der Waals surface area contributed by atoms with E-state index in [1.807, 2.05) is 19.1 Å². The molecular weight excluding hydrogens is 272 g/mol. The van der Waals surface area contributed by atoms with Gasteiger partial charge in [-0.25, -0.2) is 19.6 Å². The predicted octanol–water partition coefficient (Wildman–Crippen LogP) is 2.60. The summed E-state index contributed by atoms with van der Waals surface area (Å²) in [5, 5.41) is 10.6. The Bertz CT molecular complexity index is 673. The standard InChI is InChI=1S/C13H14N6S/c1-9(12-6-20-10(2)18-12)17-11-3-4-13(15-5-11)19-8-14-7-16-19/h3-9,17H,1-2H3. The summed E-state index contributed by atoms with van der Waals surface area (Å²) < 4.78 is 1.62. The van der Waals surface area contributed by atoms with E-state index in [-0.39, 0.29) is 6.04 Å². The molecule has 0 aliphatic rings. The van der Waals surface area contributed by atoms with Gasteiger partial charge in [0.15, 0.2) is 5.82 Å². The van der Waals surface area contributed by atoms with Gasteiger partial charge in [0.05, 0.1) is 28.6 Å². The van der Waals surface area contributed by atoms with Crippen LogP contribution in [0, 0.1) is 6.92 Å². The molecule has 0 radical (unpaired) electrons. The zero-order chi connectivity index (χ0) is 13.9. The summed E-state index contributed by atoms with van der Waals surface area (Å²) in [7, 11) is 0. The SMILES string of the molecule is Cc1nc(C(C)Nc2ccc(-n3cncn3)nc2)cs1. The van der Waals surface area contributed by atoms with Crippen LogP contribution in [0.5, 0.6) is 0 Å². The highest BCUT2D eigenvalue weighted by Gasteiger charge is 2.09. The molecule has 0 amide bonds. The first-order chi connectivity index (χ1) is 9.72. The Morgan fingerprint density at radius 3 is 2.85 bits per heavy atom. The fraction of sp³-hybridized carbons (Fsp3) is 0.231. The lowest BCUT2D eigenvalue weighted by molar-refractivity contribution is 0.832. The maximum atomic E-state index is 4.48. The van der Waals surface area contributed by atoms with Gasteiger partial charge >= 0.3 is 0 Å². The molecule has 1 N–H and O–H groups in total. The number of nitrogens with zero attached hydrogens (tertiary/aromatic N) is 5. The summed E-state index contributed by atoms with van der Waals surface area (Å²) in [5.74, 6) is 0.741. The number of thiazole rings is 1. The number of nitrogens with one attached hydrogen (secondary N) is 1. The third-order valence-electron chi connectivity index (χ3n) is 2.86. The van der Waals surface area contributed by atoms with Crippen molar-refractivity contribution in [2.75, 3.05) is 5.32 Å². The van der Waals surface area contributed by atoms with Crippen LogP contribution in [0.15, 0.2) is 36.4 Å². The number of rotatable bonds is 4. The number of hydrogen-bond donors (Lipinski definition) is 1. The number of aryl methyl sites for hydroxylation is 1. The molecule has 0 aromatic carbocycles. The number of hydrogen-bond acceptors (Lipinski definition) is 6. The monoisotopic (exact) mass is 286 g/mol. The topological polar surface area (TPSA) is 68.5 Å². The number of pyridine rings is 1. The molecule has 102 valence electrons. The highest BCUT2D eigenvalue weighted by Crippen LogP contribution is 2.20. The molecule has 3 heterocycles. The zero-order valence-corrected chi connectivity index (χ0v) is 12.0. The summed E-state index contributed by atoms with van der Waals surface area (Å²) >= 11 is 1.66. The molecule has 3 rings (SSSR count). The van der Waals surface area contributed by atoms with E-state index < -0.39 is 0 Å². The number of anilines is 1. The van der Waals surface area contributed by atoms with Crippen molar-refractivity contribution in [3.8, 4) is 5.82 Å². The van der Waals surface area contributed by atoms with Crippen LogP contribution in [0.3, 0.4) is 0 Å². The van der Waals surface area contributed by atoms with Crippen LogP contribution >= 0.6 is 11.3 Å². The van der Waals surface area contributed by atoms with Gasteiger partial charge in [-0.15, -0.1) is 11.3 Å². The fourth-order valence-corrected chi connectivity index (χ4v) is 2.54. The zero-order valence-electron chi connectivity index (χ0n) is 11.2. The minimum Gasteiger partial charge on any atom is -0.376 e. The molecule has 3 aromatic heterocycles. The quantitative estimate of drug-likeness (QED) is 0.798. The van der Waals surface area contributed by atoms with E-state index in [0.29, 0.717) is 0 Å². The molecule has 0 bridgehead atoms. The summed E-state index contributed by atoms with van der Waals surface area (Å²) in [6.07, 6.45) is 4.89. The molecule has 0 saturated heterocycles. The van der Waals surface area contributed by atoms with Crippen molar-refractivity contribution in [1.82, 2.24) is 24.7 Å². The van der Waals surface area contributed by atoms with Gasteiger partial charge in [0.25, 0.3) is 0 Å². The summed E-state index contributed by atoms with van der Waals surface area (Å²) in [6.45, 7) is 4.09. The molecule has 20 heavy (non-hydrogen) atoms. The second-order valence-corrected chi connectivity index (χ2v) is 5.46. The minimum atomic E-state index is 0.152. The average Bonchev–Trinajstić information content (AvgIpc) is 3.10. The molecule has 0 saturated carbocycles. The van der Waals surface area contributed by atoms with Crippen LogP contribution in [0.2, 0.25) is 0 Å². The van der Waals surface area contributed by atoms with E-state index in [1.54, 1.807) is 28.5 Å². The third-order valence-corrected chi connectivity index (χ3v) is 3.66. The molecule has 1 atom stereocenters. The highest BCUT2D eigenvalue weighted by atomic mass is 32.1. The molecule has 0 spiro atoms. The maximum absolute atomic E-state index is 4.48. The maximum Gasteiger partial charge on any atom is 0.155 e. The summed E-state index contributed by atoms with van der Waals surface area (Å²) in [4.78, 5) is 12.7. The van der Waals surface area contributed by atoms with Gasteiger partial charge in [0.2, 0.25) is 0 Å². The van der Waals surface area contributed by atoms with Crippen molar-refractivity contribution in [3.63, 3.8) is 0 Å². The predicted molar refractivity (Wildman–Crippen MR) is 78.0 cm³/mol. The smallest absolute Gasteiger partial charge is 0.155 e. The van der Waals surface area contributed by atoms with Crippen molar-refractivity contribution < 1.29 is 0 Å². The molecule has 7 heteroatoms. The Balaban J connectivity index is 1.72. The van der Waals surface area contributed by atoms with Crippen LogP contribution in [0.25, 0.3) is 5.82 Å². The Labute approximate surface area is 120 Å². The van der Waals surface area contributed by atoms with E-state index >= 15 is 0 Å². The average molecular weight is 286 g/mol. The van der Waals surface area contributed by atoms with Gasteiger partial charge in [0.1, 0.15) is 12.7 Å². The van der Waals surface area contributed by atoms with Crippen LogP contribution < -0.4 is 5.32 Å². The number of aromatic nitrogens is 5.